The summed E-state index contributed by atoms with van der Waals surface area (Å²) in [7, 11) is 0. The summed E-state index contributed by atoms with van der Waals surface area (Å²) in [4.78, 5) is 13.1. The number of aryl methyl sites for hydroxylation is 1. The van der Waals surface area contributed by atoms with Crippen LogP contribution in [0.25, 0.3) is 0 Å². The molecule has 102 valence electrons. The second-order valence-corrected chi connectivity index (χ2v) is 7.10. The molecule has 0 spiro atoms. The zero-order chi connectivity index (χ0) is 13.8. The van der Waals surface area contributed by atoms with E-state index in [9.17, 15) is 4.79 Å². The first-order chi connectivity index (χ1) is 9.04. The molecule has 0 radical (unpaired) electrons. The minimum absolute atomic E-state index is 0.0825. The number of carbonyl (C=O) groups is 1. The summed E-state index contributed by atoms with van der Waals surface area (Å²) in [6.07, 6.45) is 0. The van der Waals surface area contributed by atoms with Crippen molar-refractivity contribution in [3.8, 4) is 0 Å². The van der Waals surface area contributed by atoms with Crippen LogP contribution >= 0.6 is 34.7 Å². The first-order valence-corrected chi connectivity index (χ1v) is 7.89. The van der Waals surface area contributed by atoms with Gasteiger partial charge in [-0.25, -0.2) is 0 Å². The Hall–Kier alpha value is -0.980. The van der Waals surface area contributed by atoms with Gasteiger partial charge in [-0.2, -0.15) is 0 Å². The number of carbonyl (C=O) groups excluding carboxylic acids is 1. The molecule has 2 rings (SSSR count). The number of anilines is 1. The number of nitrogens with one attached hydrogen (secondary N) is 1. The summed E-state index contributed by atoms with van der Waals surface area (Å²) in [5, 5.41) is 6.28. The molecular formula is C12H13ClN2O2S2. The molecule has 0 fully saturated rings. The highest BCUT2D eigenvalue weighted by Crippen LogP contribution is 2.27. The molecule has 19 heavy (non-hydrogen) atoms. The Balaban J connectivity index is 1.82. The van der Waals surface area contributed by atoms with Crippen molar-refractivity contribution in [2.45, 2.75) is 24.9 Å². The SMILES string of the molecule is Cc1cc(NC(=O)C(C)SCc2ccc(Cl)s2)no1. The summed E-state index contributed by atoms with van der Waals surface area (Å²) in [5.74, 6) is 1.81. The largest absolute Gasteiger partial charge is 0.360 e. The van der Waals surface area contributed by atoms with E-state index in [0.717, 1.165) is 15.0 Å². The Morgan fingerprint density at radius 1 is 1.63 bits per heavy atom. The summed E-state index contributed by atoms with van der Waals surface area (Å²) < 4.78 is 5.66. The predicted octanol–water partition coefficient (Wildman–Crippen LogP) is 3.96. The molecule has 2 aromatic rings. The van der Waals surface area contributed by atoms with Gasteiger partial charge in [-0.15, -0.1) is 23.1 Å². The third kappa shape index (κ3) is 4.26. The van der Waals surface area contributed by atoms with Crippen molar-refractivity contribution in [2.75, 3.05) is 5.32 Å². The van der Waals surface area contributed by atoms with E-state index >= 15 is 0 Å². The molecule has 7 heteroatoms. The first kappa shape index (κ1) is 14.4. The van der Waals surface area contributed by atoms with Crippen LogP contribution in [0.1, 0.15) is 17.6 Å². The number of amides is 1. The van der Waals surface area contributed by atoms with Gasteiger partial charge in [-0.1, -0.05) is 16.8 Å². The maximum atomic E-state index is 11.9. The molecule has 0 aliphatic heterocycles. The quantitative estimate of drug-likeness (QED) is 0.907. The van der Waals surface area contributed by atoms with Crippen LogP contribution in [0.15, 0.2) is 22.7 Å². The lowest BCUT2D eigenvalue weighted by Crippen LogP contribution is -2.22. The number of thiophene rings is 1. The van der Waals surface area contributed by atoms with Crippen molar-refractivity contribution in [2.24, 2.45) is 0 Å². The normalized spacial score (nSPS) is 12.4. The fourth-order valence-electron chi connectivity index (χ4n) is 1.37. The van der Waals surface area contributed by atoms with Crippen LogP contribution < -0.4 is 5.32 Å². The van der Waals surface area contributed by atoms with Gasteiger partial charge in [-0.05, 0) is 26.0 Å². The Morgan fingerprint density at radius 3 is 3.00 bits per heavy atom. The van der Waals surface area contributed by atoms with Gasteiger partial charge in [-0.3, -0.25) is 4.79 Å². The van der Waals surface area contributed by atoms with Gasteiger partial charge in [0.15, 0.2) is 5.82 Å². The molecular weight excluding hydrogens is 304 g/mol. The third-order valence-corrected chi connectivity index (χ3v) is 4.96. The highest BCUT2D eigenvalue weighted by Gasteiger charge is 2.15. The van der Waals surface area contributed by atoms with Crippen LogP contribution in [0.2, 0.25) is 4.34 Å². The number of rotatable bonds is 5. The lowest BCUT2D eigenvalue weighted by atomic mass is 10.4. The fraction of sp³-hybridized carbons (Fsp3) is 0.333. The number of halogens is 1. The lowest BCUT2D eigenvalue weighted by molar-refractivity contribution is -0.115. The van der Waals surface area contributed by atoms with Crippen molar-refractivity contribution >= 4 is 46.4 Å². The van der Waals surface area contributed by atoms with Crippen molar-refractivity contribution in [1.29, 1.82) is 0 Å². The maximum Gasteiger partial charge on any atom is 0.238 e. The van der Waals surface area contributed by atoms with E-state index in [2.05, 4.69) is 10.5 Å². The van der Waals surface area contributed by atoms with Crippen molar-refractivity contribution in [3.63, 3.8) is 0 Å². The average molecular weight is 317 g/mol. The highest BCUT2D eigenvalue weighted by atomic mass is 35.5. The van der Waals surface area contributed by atoms with Crippen LogP contribution in [-0.2, 0) is 10.5 Å². The minimum atomic E-state index is -0.169. The summed E-state index contributed by atoms with van der Waals surface area (Å²) >= 11 is 8.95. The first-order valence-electron chi connectivity index (χ1n) is 5.64. The van der Waals surface area contributed by atoms with Crippen LogP contribution in [0, 0.1) is 6.92 Å². The molecule has 0 saturated heterocycles. The molecule has 2 heterocycles. The Bertz CT molecular complexity index is 568. The number of aromatic nitrogens is 1. The van der Waals surface area contributed by atoms with E-state index in [4.69, 9.17) is 16.1 Å². The average Bonchev–Trinajstić information content (AvgIpc) is 2.95. The van der Waals surface area contributed by atoms with Crippen molar-refractivity contribution < 1.29 is 9.32 Å². The van der Waals surface area contributed by atoms with Crippen LogP contribution in [0.5, 0.6) is 0 Å². The van der Waals surface area contributed by atoms with Crippen LogP contribution in [0.4, 0.5) is 5.82 Å². The Labute approximate surface area is 124 Å². The van der Waals surface area contributed by atoms with Crippen molar-refractivity contribution in [1.82, 2.24) is 5.16 Å². The number of hydrogen-bond donors (Lipinski definition) is 1. The molecule has 4 nitrogen and oxygen atoms in total. The van der Waals surface area contributed by atoms with E-state index in [1.54, 1.807) is 24.8 Å². The second-order valence-electron chi connectivity index (χ2n) is 3.97. The third-order valence-electron chi connectivity index (χ3n) is 2.35. The topological polar surface area (TPSA) is 55.1 Å². The predicted molar refractivity (Wildman–Crippen MR) is 80.0 cm³/mol. The van der Waals surface area contributed by atoms with E-state index in [1.165, 1.54) is 11.3 Å². The lowest BCUT2D eigenvalue weighted by Gasteiger charge is -2.09. The van der Waals surface area contributed by atoms with Crippen LogP contribution in [-0.4, -0.2) is 16.3 Å². The van der Waals surface area contributed by atoms with E-state index in [-0.39, 0.29) is 11.2 Å². The second kappa shape index (κ2) is 6.45. The molecule has 1 amide bonds. The number of hydrogen-bond acceptors (Lipinski definition) is 5. The molecule has 0 aliphatic rings. The van der Waals surface area contributed by atoms with E-state index in [0.29, 0.717) is 11.6 Å². The molecule has 1 atom stereocenters. The molecule has 0 aromatic carbocycles. The summed E-state index contributed by atoms with van der Waals surface area (Å²) in [5.41, 5.74) is 0. The zero-order valence-electron chi connectivity index (χ0n) is 10.5. The Kier molecular flexibility index (Phi) is 4.90. The van der Waals surface area contributed by atoms with Gasteiger partial charge >= 0.3 is 0 Å². The maximum absolute atomic E-state index is 11.9. The molecule has 0 aliphatic carbocycles. The number of thioether (sulfide) groups is 1. The fourth-order valence-corrected chi connectivity index (χ4v) is 3.41. The molecule has 1 N–H and O–H groups in total. The van der Waals surface area contributed by atoms with Gasteiger partial charge in [0.25, 0.3) is 0 Å². The van der Waals surface area contributed by atoms with E-state index < -0.39 is 0 Å². The van der Waals surface area contributed by atoms with Gasteiger partial charge in [0, 0.05) is 16.7 Å². The van der Waals surface area contributed by atoms with Gasteiger partial charge in [0.2, 0.25) is 5.91 Å². The summed E-state index contributed by atoms with van der Waals surface area (Å²) in [6.45, 7) is 3.64. The highest BCUT2D eigenvalue weighted by molar-refractivity contribution is 7.99. The monoisotopic (exact) mass is 316 g/mol. The minimum Gasteiger partial charge on any atom is -0.360 e. The van der Waals surface area contributed by atoms with Gasteiger partial charge in [0.05, 0.1) is 9.59 Å². The van der Waals surface area contributed by atoms with Crippen molar-refractivity contribution in [3.05, 3.63) is 33.2 Å². The van der Waals surface area contributed by atoms with Gasteiger partial charge in [0.1, 0.15) is 5.76 Å². The molecule has 0 bridgehead atoms. The summed E-state index contributed by atoms with van der Waals surface area (Å²) in [6, 6.07) is 5.53. The number of nitrogens with zero attached hydrogens (tertiary/aromatic N) is 1. The van der Waals surface area contributed by atoms with Crippen LogP contribution in [0.3, 0.4) is 0 Å². The standard InChI is InChI=1S/C12H13ClN2O2S2/c1-7-5-11(15-17-7)14-12(16)8(2)18-6-9-3-4-10(13)19-9/h3-5,8H,6H2,1-2H3,(H,14,15,16). The Morgan fingerprint density at radius 2 is 2.42 bits per heavy atom. The molecule has 0 saturated carbocycles. The molecule has 2 aromatic heterocycles. The molecule has 1 unspecified atom stereocenters. The van der Waals surface area contributed by atoms with Gasteiger partial charge < -0.3 is 9.84 Å². The smallest absolute Gasteiger partial charge is 0.238 e. The zero-order valence-corrected chi connectivity index (χ0v) is 12.9. The van der Waals surface area contributed by atoms with E-state index in [1.807, 2.05) is 19.1 Å².